The van der Waals surface area contributed by atoms with Crippen molar-refractivity contribution in [2.24, 2.45) is 16.9 Å². The maximum absolute atomic E-state index is 14.9. The van der Waals surface area contributed by atoms with Crippen molar-refractivity contribution >= 4 is 23.6 Å². The van der Waals surface area contributed by atoms with E-state index in [2.05, 4.69) is 26.1 Å². The van der Waals surface area contributed by atoms with Crippen LogP contribution < -0.4 is 16.8 Å². The molecule has 2 amide bonds. The Bertz CT molecular complexity index is 1310. The van der Waals surface area contributed by atoms with Gasteiger partial charge in [0.1, 0.15) is 11.6 Å². The minimum absolute atomic E-state index is 0.0679. The fraction of sp³-hybridized carbons (Fsp3) is 0.438. The van der Waals surface area contributed by atoms with Gasteiger partial charge in [-0.25, -0.2) is 8.78 Å². The lowest BCUT2D eigenvalue weighted by Gasteiger charge is -2.41. The highest BCUT2D eigenvalue weighted by Gasteiger charge is 2.37. The van der Waals surface area contributed by atoms with E-state index in [1.165, 1.54) is 17.8 Å². The van der Waals surface area contributed by atoms with Crippen molar-refractivity contribution in [3.05, 3.63) is 83.7 Å². The Kier molecular flexibility index (Phi) is 12.6. The molecule has 0 aliphatic carbocycles. The van der Waals surface area contributed by atoms with Crippen LogP contribution in [0.1, 0.15) is 50.9 Å². The summed E-state index contributed by atoms with van der Waals surface area (Å²) < 4.78 is 31.1. The van der Waals surface area contributed by atoms with Crippen molar-refractivity contribution in [1.29, 1.82) is 0 Å². The fourth-order valence-electron chi connectivity index (χ4n) is 4.98. The van der Waals surface area contributed by atoms with Crippen LogP contribution in [0.2, 0.25) is 0 Å². The molecule has 228 valence electrons. The van der Waals surface area contributed by atoms with Gasteiger partial charge in [-0.3, -0.25) is 9.59 Å². The van der Waals surface area contributed by atoms with Gasteiger partial charge in [-0.05, 0) is 48.2 Å². The molecule has 0 radical (unpaired) electrons. The Morgan fingerprint density at radius 2 is 1.79 bits per heavy atom. The van der Waals surface area contributed by atoms with E-state index in [0.29, 0.717) is 56.9 Å². The molecule has 0 bridgehead atoms. The van der Waals surface area contributed by atoms with E-state index in [1.54, 1.807) is 0 Å². The number of nitrogens with two attached hydrogens (primary N) is 2. The lowest BCUT2D eigenvalue weighted by Crippen LogP contribution is -2.44. The van der Waals surface area contributed by atoms with Gasteiger partial charge in [0, 0.05) is 61.4 Å². The molecule has 0 aliphatic heterocycles. The van der Waals surface area contributed by atoms with Crippen LogP contribution in [-0.4, -0.2) is 59.0 Å². The molecule has 7 nitrogen and oxygen atoms in total. The molecular formula is C32H43F2N5O2S. The molecule has 0 saturated carbocycles. The first-order valence-electron chi connectivity index (χ1n) is 14.3. The van der Waals surface area contributed by atoms with Gasteiger partial charge in [0.05, 0.1) is 11.8 Å². The second-order valence-electron chi connectivity index (χ2n) is 11.3. The van der Waals surface area contributed by atoms with Crippen LogP contribution >= 0.6 is 11.8 Å². The van der Waals surface area contributed by atoms with E-state index in [0.717, 1.165) is 23.4 Å². The van der Waals surface area contributed by atoms with Gasteiger partial charge in [0.2, 0.25) is 11.8 Å². The quantitative estimate of drug-likeness (QED) is 0.215. The summed E-state index contributed by atoms with van der Waals surface area (Å²) in [6.45, 7) is 8.35. The highest BCUT2D eigenvalue weighted by Crippen LogP contribution is 2.41. The molecule has 0 fully saturated rings. The van der Waals surface area contributed by atoms with Gasteiger partial charge in [-0.2, -0.15) is 11.8 Å². The molecule has 10 heteroatoms. The van der Waals surface area contributed by atoms with Gasteiger partial charge >= 0.3 is 0 Å². The number of nitrogens with one attached hydrogen (secondary N) is 1. The summed E-state index contributed by atoms with van der Waals surface area (Å²) in [4.78, 5) is 27.6. The molecule has 2 aromatic carbocycles. The monoisotopic (exact) mass is 599 g/mol. The number of hydrogen-bond donors (Lipinski definition) is 3. The number of amides is 2. The number of hydrogen-bond acceptors (Lipinski definition) is 5. The van der Waals surface area contributed by atoms with Crippen LogP contribution in [0.15, 0.2) is 60.8 Å². The molecule has 1 atom stereocenters. The average molecular weight is 600 g/mol. The summed E-state index contributed by atoms with van der Waals surface area (Å²) in [6, 6.07) is 14.8. The van der Waals surface area contributed by atoms with Crippen LogP contribution in [0.4, 0.5) is 8.78 Å². The largest absolute Gasteiger partial charge is 0.355 e. The van der Waals surface area contributed by atoms with Crippen molar-refractivity contribution in [2.45, 2.75) is 46.2 Å². The number of rotatable bonds is 15. The Labute approximate surface area is 252 Å². The van der Waals surface area contributed by atoms with E-state index in [1.807, 2.05) is 52.1 Å². The molecule has 1 heterocycles. The zero-order valence-electron chi connectivity index (χ0n) is 24.7. The van der Waals surface area contributed by atoms with Crippen LogP contribution in [0.25, 0.3) is 11.1 Å². The number of nitrogens with zero attached hydrogens (tertiary/aromatic N) is 2. The van der Waals surface area contributed by atoms with Crippen LogP contribution in [-0.2, 0) is 16.1 Å². The Hall–Kier alpha value is -3.21. The number of thioether (sulfide) groups is 1. The predicted molar refractivity (Wildman–Crippen MR) is 167 cm³/mol. The van der Waals surface area contributed by atoms with Crippen molar-refractivity contribution in [1.82, 2.24) is 14.8 Å². The molecule has 5 N–H and O–H groups in total. The summed E-state index contributed by atoms with van der Waals surface area (Å²) in [5, 5.41) is 2.74. The van der Waals surface area contributed by atoms with Gasteiger partial charge in [0.15, 0.2) is 0 Å². The zero-order valence-corrected chi connectivity index (χ0v) is 25.6. The normalized spacial score (nSPS) is 12.3. The zero-order chi connectivity index (χ0) is 30.7. The molecule has 42 heavy (non-hydrogen) atoms. The minimum Gasteiger partial charge on any atom is -0.355 e. The predicted octanol–water partition coefficient (Wildman–Crippen LogP) is 4.94. The molecule has 0 spiro atoms. The first-order chi connectivity index (χ1) is 20.0. The third-order valence-electron chi connectivity index (χ3n) is 6.87. The van der Waals surface area contributed by atoms with Crippen molar-refractivity contribution in [3.8, 4) is 11.1 Å². The number of carbonyl (C=O) groups is 2. The topological polar surface area (TPSA) is 106 Å². The molecule has 0 saturated heterocycles. The van der Waals surface area contributed by atoms with Crippen molar-refractivity contribution < 1.29 is 18.4 Å². The van der Waals surface area contributed by atoms with E-state index in [4.69, 9.17) is 11.5 Å². The van der Waals surface area contributed by atoms with Crippen LogP contribution in [0.5, 0.6) is 0 Å². The van der Waals surface area contributed by atoms with E-state index >= 15 is 0 Å². The molecule has 0 aliphatic rings. The Balaban J connectivity index is 2.00. The van der Waals surface area contributed by atoms with E-state index in [-0.39, 0.29) is 29.2 Å². The van der Waals surface area contributed by atoms with Gasteiger partial charge in [-0.1, -0.05) is 51.1 Å². The lowest BCUT2D eigenvalue weighted by atomic mass is 9.83. The third kappa shape index (κ3) is 9.40. The number of aromatic nitrogens is 1. The van der Waals surface area contributed by atoms with E-state index in [9.17, 15) is 18.4 Å². The summed E-state index contributed by atoms with van der Waals surface area (Å²) in [5.74, 6) is -0.503. The number of halogens is 2. The van der Waals surface area contributed by atoms with E-state index < -0.39 is 17.0 Å². The summed E-state index contributed by atoms with van der Waals surface area (Å²) in [7, 11) is 0. The third-order valence-corrected chi connectivity index (χ3v) is 7.81. The summed E-state index contributed by atoms with van der Waals surface area (Å²) >= 11 is 1.41. The Morgan fingerprint density at radius 3 is 2.45 bits per heavy atom. The maximum Gasteiger partial charge on any atom is 0.233 e. The maximum atomic E-state index is 14.9. The van der Waals surface area contributed by atoms with Crippen LogP contribution in [0.3, 0.4) is 0 Å². The summed E-state index contributed by atoms with van der Waals surface area (Å²) in [6.07, 6.45) is 2.74. The molecule has 0 unspecified atom stereocenters. The first kappa shape index (κ1) is 33.3. The number of benzene rings is 2. The second-order valence-corrected chi connectivity index (χ2v) is 12.4. The fourth-order valence-corrected chi connectivity index (χ4v) is 5.79. The van der Waals surface area contributed by atoms with Crippen molar-refractivity contribution in [3.63, 3.8) is 0 Å². The Morgan fingerprint density at radius 1 is 1.05 bits per heavy atom. The standard InChI is InChI=1S/C32H43F2N5O2S/c1-32(2,3)31(39(16-7-13-35)30(41)22-42-17-12-29(40)37-15-14-36)28-18-24(26-19-25(33)10-11-27(26)34)21-38(28)20-23-8-5-4-6-9-23/h4-6,8-11,18-19,21,31H,7,12-17,20,22,35-36H2,1-3H3,(H,37,40)/t31-/m0/s1. The highest BCUT2D eigenvalue weighted by molar-refractivity contribution is 7.99. The smallest absolute Gasteiger partial charge is 0.233 e. The lowest BCUT2D eigenvalue weighted by molar-refractivity contribution is -0.133. The second kappa shape index (κ2) is 15.9. The molecule has 1 aromatic heterocycles. The first-order valence-corrected chi connectivity index (χ1v) is 15.4. The van der Waals surface area contributed by atoms with Gasteiger partial charge < -0.3 is 26.3 Å². The van der Waals surface area contributed by atoms with Crippen molar-refractivity contribution in [2.75, 3.05) is 37.7 Å². The van der Waals surface area contributed by atoms with Gasteiger partial charge in [0.25, 0.3) is 0 Å². The van der Waals surface area contributed by atoms with Gasteiger partial charge in [-0.15, -0.1) is 0 Å². The van der Waals surface area contributed by atoms with Crippen LogP contribution in [0, 0.1) is 17.0 Å². The highest BCUT2D eigenvalue weighted by atomic mass is 32.2. The molecule has 3 rings (SSSR count). The SMILES string of the molecule is CC(C)(C)[C@H](c1cc(-c2cc(F)ccc2F)cn1Cc1ccccc1)N(CCCN)C(=O)CSCCC(=O)NCCN. The molecule has 3 aromatic rings. The summed E-state index contributed by atoms with van der Waals surface area (Å²) in [5.41, 5.74) is 13.5. The number of carbonyl (C=O) groups excluding carboxylic acids is 2. The average Bonchev–Trinajstić information content (AvgIpc) is 3.35. The molecular weight excluding hydrogens is 556 g/mol. The minimum atomic E-state index is -0.524.